The number of ether oxygens (including phenoxy) is 1. The van der Waals surface area contributed by atoms with Gasteiger partial charge in [0.05, 0.1) is 12.0 Å². The van der Waals surface area contributed by atoms with Gasteiger partial charge in [-0.2, -0.15) is 0 Å². The molecule has 2 aliphatic heterocycles. The van der Waals surface area contributed by atoms with Gasteiger partial charge in [-0.3, -0.25) is 9.59 Å². The van der Waals surface area contributed by atoms with Crippen molar-refractivity contribution >= 4 is 11.8 Å². The summed E-state index contributed by atoms with van der Waals surface area (Å²) >= 11 is 0. The molecule has 1 N–H and O–H groups in total. The minimum absolute atomic E-state index is 0.0159. The Morgan fingerprint density at radius 3 is 2.89 bits per heavy atom. The lowest BCUT2D eigenvalue weighted by atomic mass is 10.1. The Balaban J connectivity index is 1.43. The Labute approximate surface area is 113 Å². The lowest BCUT2D eigenvalue weighted by molar-refractivity contribution is -0.129. The molecular formula is C14H22N2O3. The van der Waals surface area contributed by atoms with Crippen molar-refractivity contribution in [3.8, 4) is 0 Å². The molecule has 2 saturated heterocycles. The van der Waals surface area contributed by atoms with Gasteiger partial charge >= 0.3 is 0 Å². The molecule has 19 heavy (non-hydrogen) atoms. The van der Waals surface area contributed by atoms with Gasteiger partial charge in [0.15, 0.2) is 0 Å². The number of rotatable bonds is 5. The average Bonchev–Trinajstić information content (AvgIpc) is 2.91. The molecule has 0 aromatic rings. The van der Waals surface area contributed by atoms with E-state index < -0.39 is 0 Å². The van der Waals surface area contributed by atoms with E-state index in [9.17, 15) is 9.59 Å². The molecule has 0 unspecified atom stereocenters. The van der Waals surface area contributed by atoms with Gasteiger partial charge in [-0.1, -0.05) is 0 Å². The molecule has 2 amide bonds. The summed E-state index contributed by atoms with van der Waals surface area (Å²) in [7, 11) is 0. The van der Waals surface area contributed by atoms with E-state index in [-0.39, 0.29) is 23.8 Å². The fourth-order valence-corrected chi connectivity index (χ4v) is 2.90. The molecule has 0 radical (unpaired) electrons. The first-order valence-corrected chi connectivity index (χ1v) is 7.39. The summed E-state index contributed by atoms with van der Waals surface area (Å²) in [5.41, 5.74) is 0. The van der Waals surface area contributed by atoms with E-state index in [1.54, 1.807) is 0 Å². The maximum absolute atomic E-state index is 12.0. The minimum atomic E-state index is -0.160. The van der Waals surface area contributed by atoms with E-state index >= 15 is 0 Å². The van der Waals surface area contributed by atoms with E-state index in [1.165, 1.54) is 12.8 Å². The fourth-order valence-electron chi connectivity index (χ4n) is 2.90. The van der Waals surface area contributed by atoms with Crippen LogP contribution in [0.25, 0.3) is 0 Å². The van der Waals surface area contributed by atoms with Crippen LogP contribution in [0.2, 0.25) is 0 Å². The van der Waals surface area contributed by atoms with Crippen molar-refractivity contribution < 1.29 is 14.3 Å². The van der Waals surface area contributed by atoms with Crippen LogP contribution in [0.4, 0.5) is 0 Å². The maximum atomic E-state index is 12.0. The Bertz CT molecular complexity index is 362. The van der Waals surface area contributed by atoms with Crippen molar-refractivity contribution in [3.63, 3.8) is 0 Å². The molecule has 0 aromatic carbocycles. The van der Waals surface area contributed by atoms with Crippen LogP contribution in [0.1, 0.15) is 32.1 Å². The largest absolute Gasteiger partial charge is 0.376 e. The number of hydrogen-bond acceptors (Lipinski definition) is 3. The van der Waals surface area contributed by atoms with E-state index in [2.05, 4.69) is 5.32 Å². The van der Waals surface area contributed by atoms with Crippen LogP contribution in [0.15, 0.2) is 0 Å². The molecule has 3 fully saturated rings. The number of nitrogens with zero attached hydrogens (tertiary/aromatic N) is 1. The minimum Gasteiger partial charge on any atom is -0.376 e. The highest BCUT2D eigenvalue weighted by Gasteiger charge is 2.37. The first-order valence-electron chi connectivity index (χ1n) is 7.39. The number of carbonyl (C=O) groups excluding carboxylic acids is 2. The lowest BCUT2D eigenvalue weighted by Crippen LogP contribution is -2.37. The average molecular weight is 266 g/mol. The van der Waals surface area contributed by atoms with Crippen molar-refractivity contribution in [1.29, 1.82) is 0 Å². The van der Waals surface area contributed by atoms with Crippen molar-refractivity contribution in [2.75, 3.05) is 26.2 Å². The van der Waals surface area contributed by atoms with Crippen molar-refractivity contribution in [2.24, 2.45) is 11.8 Å². The van der Waals surface area contributed by atoms with E-state index in [1.807, 2.05) is 4.90 Å². The second-order valence-corrected chi connectivity index (χ2v) is 6.02. The zero-order valence-electron chi connectivity index (χ0n) is 11.3. The Kier molecular flexibility index (Phi) is 3.73. The molecule has 5 nitrogen and oxygen atoms in total. The predicted molar refractivity (Wildman–Crippen MR) is 69.4 cm³/mol. The van der Waals surface area contributed by atoms with Gasteiger partial charge in [0.2, 0.25) is 11.8 Å². The van der Waals surface area contributed by atoms with Gasteiger partial charge in [-0.25, -0.2) is 0 Å². The molecule has 0 spiro atoms. The monoisotopic (exact) mass is 266 g/mol. The molecule has 1 saturated carbocycles. The molecule has 1 aliphatic carbocycles. The molecule has 2 atom stereocenters. The van der Waals surface area contributed by atoms with Gasteiger partial charge in [0.1, 0.15) is 0 Å². The molecular weight excluding hydrogens is 244 g/mol. The molecule has 2 heterocycles. The standard InChI is InChI=1S/C14H22N2O3/c17-13-6-11(9-16(13)8-10-3-4-10)14(18)15-7-12-2-1-5-19-12/h10-12H,1-9H2,(H,15,18)/t11-,12+/m0/s1. The zero-order chi connectivity index (χ0) is 13.2. The van der Waals surface area contributed by atoms with Crippen LogP contribution in [0.5, 0.6) is 0 Å². The third-order valence-corrected chi connectivity index (χ3v) is 4.29. The normalized spacial score (nSPS) is 30.9. The number of likely N-dealkylation sites (tertiary alicyclic amines) is 1. The van der Waals surface area contributed by atoms with Crippen LogP contribution < -0.4 is 5.32 Å². The Morgan fingerprint density at radius 1 is 1.37 bits per heavy atom. The highest BCUT2D eigenvalue weighted by Crippen LogP contribution is 2.32. The van der Waals surface area contributed by atoms with Gasteiger partial charge < -0.3 is 15.0 Å². The van der Waals surface area contributed by atoms with Crippen LogP contribution in [-0.4, -0.2) is 49.1 Å². The summed E-state index contributed by atoms with van der Waals surface area (Å²) in [6.07, 6.45) is 5.13. The fraction of sp³-hybridized carbons (Fsp3) is 0.857. The summed E-state index contributed by atoms with van der Waals surface area (Å²) in [5.74, 6) is 0.691. The van der Waals surface area contributed by atoms with Gasteiger partial charge in [0.25, 0.3) is 0 Å². The van der Waals surface area contributed by atoms with Crippen molar-refractivity contribution in [1.82, 2.24) is 10.2 Å². The smallest absolute Gasteiger partial charge is 0.225 e. The van der Waals surface area contributed by atoms with E-state index in [0.717, 1.165) is 26.0 Å². The molecule has 0 bridgehead atoms. The molecule has 3 rings (SSSR count). The van der Waals surface area contributed by atoms with Crippen LogP contribution in [0, 0.1) is 11.8 Å². The number of hydrogen-bond donors (Lipinski definition) is 1. The van der Waals surface area contributed by atoms with E-state index in [4.69, 9.17) is 4.74 Å². The van der Waals surface area contributed by atoms with Crippen molar-refractivity contribution in [2.45, 2.75) is 38.2 Å². The molecule has 106 valence electrons. The summed E-state index contributed by atoms with van der Waals surface area (Å²) in [5, 5.41) is 2.93. The first kappa shape index (κ1) is 12.9. The summed E-state index contributed by atoms with van der Waals surface area (Å²) in [4.78, 5) is 25.8. The molecule has 5 heteroatoms. The zero-order valence-corrected chi connectivity index (χ0v) is 11.3. The van der Waals surface area contributed by atoms with Gasteiger partial charge in [-0.15, -0.1) is 0 Å². The SMILES string of the molecule is O=C(NC[C@H]1CCCO1)[C@H]1CC(=O)N(CC2CC2)C1. The summed E-state index contributed by atoms with van der Waals surface area (Å²) in [6.45, 7) is 2.85. The summed E-state index contributed by atoms with van der Waals surface area (Å²) in [6, 6.07) is 0. The lowest BCUT2D eigenvalue weighted by Gasteiger charge is -2.16. The first-order chi connectivity index (χ1) is 9.22. The quantitative estimate of drug-likeness (QED) is 0.790. The number of amides is 2. The van der Waals surface area contributed by atoms with Crippen LogP contribution in [0.3, 0.4) is 0 Å². The third kappa shape index (κ3) is 3.26. The van der Waals surface area contributed by atoms with Gasteiger partial charge in [0, 0.05) is 32.7 Å². The Hall–Kier alpha value is -1.10. The highest BCUT2D eigenvalue weighted by atomic mass is 16.5. The summed E-state index contributed by atoms with van der Waals surface area (Å²) < 4.78 is 5.48. The topological polar surface area (TPSA) is 58.6 Å². The van der Waals surface area contributed by atoms with Crippen molar-refractivity contribution in [3.05, 3.63) is 0 Å². The highest BCUT2D eigenvalue weighted by molar-refractivity contribution is 5.89. The molecule has 0 aromatic heterocycles. The molecule has 3 aliphatic rings. The van der Waals surface area contributed by atoms with E-state index in [0.29, 0.717) is 25.4 Å². The van der Waals surface area contributed by atoms with Gasteiger partial charge in [-0.05, 0) is 31.6 Å². The Morgan fingerprint density at radius 2 is 2.21 bits per heavy atom. The van der Waals surface area contributed by atoms with Crippen LogP contribution >= 0.6 is 0 Å². The number of carbonyl (C=O) groups is 2. The second-order valence-electron chi connectivity index (χ2n) is 6.02. The third-order valence-electron chi connectivity index (χ3n) is 4.29. The number of nitrogens with one attached hydrogen (secondary N) is 1. The maximum Gasteiger partial charge on any atom is 0.225 e. The van der Waals surface area contributed by atoms with Crippen LogP contribution in [-0.2, 0) is 14.3 Å². The predicted octanol–water partition coefficient (Wildman–Crippen LogP) is 0.540. The second kappa shape index (κ2) is 5.49.